The third-order valence-electron chi connectivity index (χ3n) is 3.31. The Bertz CT molecular complexity index is 549. The topological polar surface area (TPSA) is 61.3 Å². The first-order chi connectivity index (χ1) is 9.31. The number of nitrogens with two attached hydrogens (primary N) is 1. The maximum absolute atomic E-state index is 5.72. The fraction of sp³-hybridized carbons (Fsp3) is 0.500. The van der Waals surface area contributed by atoms with Gasteiger partial charge in [0.15, 0.2) is 5.58 Å². The van der Waals surface area contributed by atoms with E-state index in [-0.39, 0.29) is 0 Å². The maximum Gasteiger partial charge on any atom is 0.256 e. The summed E-state index contributed by atoms with van der Waals surface area (Å²) in [7, 11) is 0. The molecule has 1 aromatic heterocycles. The second-order valence-electron chi connectivity index (χ2n) is 4.83. The summed E-state index contributed by atoms with van der Waals surface area (Å²) in [5.74, 6) is 1.02. The largest absolute Gasteiger partial charge is 0.431 e. The fourth-order valence-corrected chi connectivity index (χ4v) is 3.12. The highest BCUT2D eigenvalue weighted by atomic mass is 32.2. The lowest BCUT2D eigenvalue weighted by atomic mass is 10.1. The molecule has 0 radical (unpaired) electrons. The summed E-state index contributed by atoms with van der Waals surface area (Å²) in [6.07, 6.45) is 5.18. The minimum atomic E-state index is 0.476. The van der Waals surface area contributed by atoms with Crippen molar-refractivity contribution in [2.24, 2.45) is 0 Å². The number of rotatable bonds is 5. The number of benzene rings is 1. The summed E-state index contributed by atoms with van der Waals surface area (Å²) in [4.78, 5) is 4.43. The van der Waals surface area contributed by atoms with Crippen LogP contribution < -0.4 is 5.73 Å². The molecular formula is C14H18N2O2S. The molecule has 1 saturated heterocycles. The average molecular weight is 278 g/mol. The molecular weight excluding hydrogens is 260 g/mol. The van der Waals surface area contributed by atoms with Crippen molar-refractivity contribution >= 4 is 28.5 Å². The highest BCUT2D eigenvalue weighted by Crippen LogP contribution is 2.26. The molecule has 1 fully saturated rings. The molecule has 2 heterocycles. The average Bonchev–Trinajstić information content (AvgIpc) is 3.02. The Balaban J connectivity index is 1.50. The number of fused-ring (bicyclic) bond motifs is 1. The second kappa shape index (κ2) is 5.84. The van der Waals surface area contributed by atoms with Crippen LogP contribution in [-0.4, -0.2) is 23.4 Å². The summed E-state index contributed by atoms with van der Waals surface area (Å²) < 4.78 is 11.3. The second-order valence-corrected chi connectivity index (χ2v) is 5.88. The van der Waals surface area contributed by atoms with Crippen LogP contribution in [0.1, 0.15) is 25.7 Å². The summed E-state index contributed by atoms with van der Waals surface area (Å²) in [6, 6.07) is 5.54. The van der Waals surface area contributed by atoms with Gasteiger partial charge in [-0.2, -0.15) is 0 Å². The number of thioether (sulfide) groups is 1. The molecule has 2 N–H and O–H groups in total. The highest BCUT2D eigenvalue weighted by molar-refractivity contribution is 7.99. The van der Waals surface area contributed by atoms with Crippen LogP contribution in [0, 0.1) is 0 Å². The van der Waals surface area contributed by atoms with Gasteiger partial charge in [0.05, 0.1) is 6.10 Å². The Morgan fingerprint density at radius 3 is 3.21 bits per heavy atom. The van der Waals surface area contributed by atoms with Gasteiger partial charge in [0.25, 0.3) is 5.22 Å². The fourth-order valence-electron chi connectivity index (χ4n) is 2.33. The van der Waals surface area contributed by atoms with Gasteiger partial charge in [-0.25, -0.2) is 4.98 Å². The Morgan fingerprint density at radius 1 is 1.42 bits per heavy atom. The monoisotopic (exact) mass is 278 g/mol. The standard InChI is InChI=1S/C14H18N2O2S/c15-10-5-6-13-12(9-10)16-14(18-13)19-8-2-4-11-3-1-7-17-11/h5-6,9,11H,1-4,7-8,15H2. The van der Waals surface area contributed by atoms with Crippen molar-refractivity contribution in [3.05, 3.63) is 18.2 Å². The van der Waals surface area contributed by atoms with Gasteiger partial charge in [0.1, 0.15) is 5.52 Å². The van der Waals surface area contributed by atoms with E-state index in [4.69, 9.17) is 14.9 Å². The van der Waals surface area contributed by atoms with Crippen molar-refractivity contribution < 1.29 is 9.15 Å². The summed E-state index contributed by atoms with van der Waals surface area (Å²) in [6.45, 7) is 0.935. The van der Waals surface area contributed by atoms with Gasteiger partial charge < -0.3 is 14.9 Å². The first-order valence-corrected chi connectivity index (χ1v) is 7.70. The molecule has 0 spiro atoms. The number of anilines is 1. The summed E-state index contributed by atoms with van der Waals surface area (Å²) >= 11 is 1.66. The lowest BCUT2D eigenvalue weighted by Gasteiger charge is -2.07. The maximum atomic E-state index is 5.72. The van der Waals surface area contributed by atoms with Crippen LogP contribution in [0.2, 0.25) is 0 Å². The minimum Gasteiger partial charge on any atom is -0.431 e. The Labute approximate surface area is 116 Å². The smallest absolute Gasteiger partial charge is 0.256 e. The molecule has 102 valence electrons. The molecule has 3 rings (SSSR count). The number of oxazole rings is 1. The van der Waals surface area contributed by atoms with Crippen molar-refractivity contribution in [3.63, 3.8) is 0 Å². The van der Waals surface area contributed by atoms with Crippen LogP contribution in [0.15, 0.2) is 27.8 Å². The zero-order chi connectivity index (χ0) is 13.1. The van der Waals surface area contributed by atoms with Crippen LogP contribution in [0.4, 0.5) is 5.69 Å². The van der Waals surface area contributed by atoms with Crippen LogP contribution in [0.25, 0.3) is 11.1 Å². The molecule has 1 aliphatic rings. The predicted octanol–water partition coefficient (Wildman–Crippen LogP) is 3.46. The number of ether oxygens (including phenoxy) is 1. The number of hydrogen-bond acceptors (Lipinski definition) is 5. The molecule has 1 aromatic carbocycles. The molecule has 0 saturated carbocycles. The van der Waals surface area contributed by atoms with Crippen LogP contribution in [-0.2, 0) is 4.74 Å². The zero-order valence-electron chi connectivity index (χ0n) is 10.8. The van der Waals surface area contributed by atoms with Crippen molar-refractivity contribution in [1.29, 1.82) is 0 Å². The summed E-state index contributed by atoms with van der Waals surface area (Å²) in [5, 5.41) is 0.730. The number of aromatic nitrogens is 1. The third kappa shape index (κ3) is 3.22. The molecule has 19 heavy (non-hydrogen) atoms. The van der Waals surface area contributed by atoms with Crippen molar-refractivity contribution in [2.45, 2.75) is 37.0 Å². The number of nitrogens with zero attached hydrogens (tertiary/aromatic N) is 1. The lowest BCUT2D eigenvalue weighted by molar-refractivity contribution is 0.104. The van der Waals surface area contributed by atoms with E-state index in [0.29, 0.717) is 6.10 Å². The van der Waals surface area contributed by atoms with E-state index in [2.05, 4.69) is 4.98 Å². The van der Waals surface area contributed by atoms with Gasteiger partial charge in [-0.15, -0.1) is 0 Å². The van der Waals surface area contributed by atoms with Crippen molar-refractivity contribution in [1.82, 2.24) is 4.98 Å². The Morgan fingerprint density at radius 2 is 2.37 bits per heavy atom. The molecule has 0 aliphatic carbocycles. The highest BCUT2D eigenvalue weighted by Gasteiger charge is 2.15. The Kier molecular flexibility index (Phi) is 3.94. The molecule has 0 bridgehead atoms. The van der Waals surface area contributed by atoms with Crippen LogP contribution >= 0.6 is 11.8 Å². The van der Waals surface area contributed by atoms with Crippen molar-refractivity contribution in [3.8, 4) is 0 Å². The van der Waals surface area contributed by atoms with E-state index in [0.717, 1.165) is 47.2 Å². The van der Waals surface area contributed by atoms with Gasteiger partial charge in [0.2, 0.25) is 0 Å². The Hall–Kier alpha value is -1.20. The molecule has 5 heteroatoms. The molecule has 1 unspecified atom stereocenters. The van der Waals surface area contributed by atoms with E-state index < -0.39 is 0 Å². The third-order valence-corrected chi connectivity index (χ3v) is 4.23. The number of nitrogen functional groups attached to an aromatic ring is 1. The van der Waals surface area contributed by atoms with Gasteiger partial charge >= 0.3 is 0 Å². The zero-order valence-corrected chi connectivity index (χ0v) is 11.6. The first kappa shape index (κ1) is 12.8. The van der Waals surface area contributed by atoms with Gasteiger partial charge in [-0.3, -0.25) is 0 Å². The molecule has 4 nitrogen and oxygen atoms in total. The van der Waals surface area contributed by atoms with E-state index in [1.54, 1.807) is 11.8 Å². The van der Waals surface area contributed by atoms with E-state index in [1.165, 1.54) is 12.8 Å². The van der Waals surface area contributed by atoms with Gasteiger partial charge in [-0.1, -0.05) is 11.8 Å². The predicted molar refractivity (Wildman–Crippen MR) is 77.4 cm³/mol. The van der Waals surface area contributed by atoms with E-state index in [1.807, 2.05) is 18.2 Å². The van der Waals surface area contributed by atoms with E-state index >= 15 is 0 Å². The van der Waals surface area contributed by atoms with E-state index in [9.17, 15) is 0 Å². The van der Waals surface area contributed by atoms with Gasteiger partial charge in [-0.05, 0) is 43.9 Å². The normalized spacial score (nSPS) is 19.3. The first-order valence-electron chi connectivity index (χ1n) is 6.72. The minimum absolute atomic E-state index is 0.476. The van der Waals surface area contributed by atoms with Gasteiger partial charge in [0, 0.05) is 18.0 Å². The lowest BCUT2D eigenvalue weighted by Crippen LogP contribution is -2.04. The molecule has 2 aromatic rings. The van der Waals surface area contributed by atoms with Crippen LogP contribution in [0.3, 0.4) is 0 Å². The summed E-state index contributed by atoms with van der Waals surface area (Å²) in [5.41, 5.74) is 8.08. The molecule has 1 atom stereocenters. The SMILES string of the molecule is Nc1ccc2oc(SCCCC3CCCO3)nc2c1. The molecule has 1 aliphatic heterocycles. The number of hydrogen-bond donors (Lipinski definition) is 1. The molecule has 0 amide bonds. The quantitative estimate of drug-likeness (QED) is 0.515. The van der Waals surface area contributed by atoms with Crippen molar-refractivity contribution in [2.75, 3.05) is 18.1 Å². The van der Waals surface area contributed by atoms with Crippen LogP contribution in [0.5, 0.6) is 0 Å².